The molecule has 2 N–H and O–H groups in total. The summed E-state index contributed by atoms with van der Waals surface area (Å²) in [4.78, 5) is 63.6. The highest BCUT2D eigenvalue weighted by Crippen LogP contribution is 2.31. The third-order valence-electron chi connectivity index (χ3n) is 7.30. The van der Waals surface area contributed by atoms with Gasteiger partial charge in [0.2, 0.25) is 11.8 Å². The fraction of sp³-hybridized carbons (Fsp3) is 0.370. The normalized spacial score (nSPS) is 20.2. The third kappa shape index (κ3) is 4.91. The summed E-state index contributed by atoms with van der Waals surface area (Å²) in [6.07, 6.45) is 3.02. The fourth-order valence-corrected chi connectivity index (χ4v) is 5.18. The molecule has 0 bridgehead atoms. The number of piperidine rings is 2. The molecule has 4 amide bonds. The molecule has 10 heteroatoms. The molecule has 192 valence electrons. The number of anilines is 1. The Balaban J connectivity index is 1.13. The Hall–Kier alpha value is -4.21. The average Bonchev–Trinajstić information content (AvgIpc) is 3.14. The second-order valence-electron chi connectivity index (χ2n) is 9.57. The highest BCUT2D eigenvalue weighted by molar-refractivity contribution is 6.23. The molecule has 1 unspecified atom stereocenters. The standard InChI is InChI=1S/C27H27N3O7/c31-23-8-7-22(24(32)28-23)30-25(33)20-6-5-19(15-21(20)26(30)34)37-14-11-16-9-12-29(13-10-16)18-3-1-17(2-4-18)27(35)36/h1-6,15-16,22H,7-14H2,(H,35,36)(H,28,31,32). The largest absolute Gasteiger partial charge is 0.494 e. The summed E-state index contributed by atoms with van der Waals surface area (Å²) in [7, 11) is 0. The molecule has 10 nitrogen and oxygen atoms in total. The van der Waals surface area contributed by atoms with E-state index in [-0.39, 0.29) is 29.5 Å². The van der Waals surface area contributed by atoms with E-state index in [1.807, 2.05) is 12.1 Å². The minimum atomic E-state index is -0.990. The van der Waals surface area contributed by atoms with E-state index in [9.17, 15) is 24.0 Å². The van der Waals surface area contributed by atoms with Crippen LogP contribution < -0.4 is 15.0 Å². The van der Waals surface area contributed by atoms with Crippen LogP contribution in [0.3, 0.4) is 0 Å². The Morgan fingerprint density at radius 1 is 0.946 bits per heavy atom. The quantitative estimate of drug-likeness (QED) is 0.549. The predicted octanol–water partition coefficient (Wildman–Crippen LogP) is 2.47. The lowest BCUT2D eigenvalue weighted by Crippen LogP contribution is -2.54. The summed E-state index contributed by atoms with van der Waals surface area (Å²) < 4.78 is 5.91. The van der Waals surface area contributed by atoms with Crippen LogP contribution in [-0.4, -0.2) is 65.3 Å². The van der Waals surface area contributed by atoms with Crippen molar-refractivity contribution in [3.8, 4) is 5.75 Å². The number of hydrogen-bond donors (Lipinski definition) is 2. The zero-order valence-electron chi connectivity index (χ0n) is 20.1. The molecular weight excluding hydrogens is 478 g/mol. The molecule has 2 aromatic carbocycles. The van der Waals surface area contributed by atoms with Crippen molar-refractivity contribution in [2.75, 3.05) is 24.6 Å². The van der Waals surface area contributed by atoms with Crippen LogP contribution in [0.2, 0.25) is 0 Å². The first-order valence-corrected chi connectivity index (χ1v) is 12.4. The number of carbonyl (C=O) groups is 5. The van der Waals surface area contributed by atoms with Gasteiger partial charge in [-0.3, -0.25) is 29.4 Å². The Kier molecular flexibility index (Phi) is 6.64. The Morgan fingerprint density at radius 2 is 1.65 bits per heavy atom. The number of fused-ring (bicyclic) bond motifs is 1. The van der Waals surface area contributed by atoms with Crippen molar-refractivity contribution in [1.82, 2.24) is 10.2 Å². The fourth-order valence-electron chi connectivity index (χ4n) is 5.18. The number of hydrogen-bond acceptors (Lipinski definition) is 7. The van der Waals surface area contributed by atoms with Crippen LogP contribution in [0.5, 0.6) is 5.75 Å². The van der Waals surface area contributed by atoms with Gasteiger partial charge in [0.25, 0.3) is 11.8 Å². The molecular formula is C27H27N3O7. The van der Waals surface area contributed by atoms with Gasteiger partial charge in [-0.1, -0.05) is 0 Å². The van der Waals surface area contributed by atoms with Gasteiger partial charge in [-0.05, 0) is 74.1 Å². The SMILES string of the molecule is O=C1CCC(N2C(=O)c3ccc(OCCC4CCN(c5ccc(C(=O)O)cc5)CC4)cc3C2=O)C(=O)N1. The number of amides is 4. The summed E-state index contributed by atoms with van der Waals surface area (Å²) in [5.74, 6) is -2.10. The number of carboxylic acids is 1. The smallest absolute Gasteiger partial charge is 0.335 e. The van der Waals surface area contributed by atoms with Crippen LogP contribution in [0.15, 0.2) is 42.5 Å². The summed E-state index contributed by atoms with van der Waals surface area (Å²) in [5.41, 5.74) is 1.72. The number of imide groups is 2. The van der Waals surface area contributed by atoms with Crippen LogP contribution in [0, 0.1) is 5.92 Å². The van der Waals surface area contributed by atoms with Crippen LogP contribution in [0.25, 0.3) is 0 Å². The van der Waals surface area contributed by atoms with Crippen molar-refractivity contribution in [1.29, 1.82) is 0 Å². The number of carboxylic acid groups (broad SMARTS) is 1. The van der Waals surface area contributed by atoms with Gasteiger partial charge in [0.15, 0.2) is 0 Å². The van der Waals surface area contributed by atoms with E-state index in [4.69, 9.17) is 9.84 Å². The van der Waals surface area contributed by atoms with Gasteiger partial charge >= 0.3 is 5.97 Å². The van der Waals surface area contributed by atoms with Crippen molar-refractivity contribution in [2.45, 2.75) is 38.1 Å². The highest BCUT2D eigenvalue weighted by atomic mass is 16.5. The summed E-state index contributed by atoms with van der Waals surface area (Å²) >= 11 is 0. The number of aromatic carboxylic acids is 1. The van der Waals surface area contributed by atoms with Crippen LogP contribution in [0.4, 0.5) is 5.69 Å². The Labute approximate surface area is 213 Å². The molecule has 37 heavy (non-hydrogen) atoms. The molecule has 5 rings (SSSR count). The molecule has 0 saturated carbocycles. The van der Waals surface area contributed by atoms with E-state index in [0.29, 0.717) is 18.3 Å². The number of rotatable bonds is 7. The molecule has 0 aliphatic carbocycles. The number of benzene rings is 2. The summed E-state index contributed by atoms with van der Waals surface area (Å²) in [6, 6.07) is 10.7. The van der Waals surface area contributed by atoms with Gasteiger partial charge in [-0.25, -0.2) is 4.79 Å². The molecule has 2 fully saturated rings. The minimum Gasteiger partial charge on any atom is -0.494 e. The summed E-state index contributed by atoms with van der Waals surface area (Å²) in [6.45, 7) is 2.22. The molecule has 3 aliphatic heterocycles. The maximum atomic E-state index is 13.0. The monoisotopic (exact) mass is 505 g/mol. The maximum Gasteiger partial charge on any atom is 0.335 e. The average molecular weight is 506 g/mol. The number of carbonyl (C=O) groups excluding carboxylic acids is 4. The lowest BCUT2D eigenvalue weighted by molar-refractivity contribution is -0.136. The molecule has 0 radical (unpaired) electrons. The second-order valence-corrected chi connectivity index (χ2v) is 9.57. The lowest BCUT2D eigenvalue weighted by atomic mass is 9.93. The van der Waals surface area contributed by atoms with Crippen LogP contribution >= 0.6 is 0 Å². The van der Waals surface area contributed by atoms with E-state index in [0.717, 1.165) is 42.9 Å². The molecule has 0 aromatic heterocycles. The van der Waals surface area contributed by atoms with E-state index >= 15 is 0 Å². The number of nitrogens with one attached hydrogen (secondary N) is 1. The van der Waals surface area contributed by atoms with Crippen molar-refractivity contribution >= 4 is 35.3 Å². The number of ether oxygens (including phenoxy) is 1. The van der Waals surface area contributed by atoms with Crippen molar-refractivity contribution in [3.05, 3.63) is 59.2 Å². The van der Waals surface area contributed by atoms with E-state index in [1.165, 1.54) is 0 Å². The molecule has 3 heterocycles. The first-order valence-electron chi connectivity index (χ1n) is 12.4. The first-order chi connectivity index (χ1) is 17.8. The minimum absolute atomic E-state index is 0.0775. The topological polar surface area (TPSA) is 133 Å². The van der Waals surface area contributed by atoms with Crippen molar-refractivity contribution in [2.24, 2.45) is 5.92 Å². The zero-order chi connectivity index (χ0) is 26.1. The molecule has 3 aliphatic rings. The van der Waals surface area contributed by atoms with Gasteiger partial charge in [0.1, 0.15) is 11.8 Å². The zero-order valence-corrected chi connectivity index (χ0v) is 20.1. The van der Waals surface area contributed by atoms with Crippen LogP contribution in [0.1, 0.15) is 63.2 Å². The van der Waals surface area contributed by atoms with Crippen molar-refractivity contribution in [3.63, 3.8) is 0 Å². The lowest BCUT2D eigenvalue weighted by Gasteiger charge is -2.33. The van der Waals surface area contributed by atoms with Gasteiger partial charge in [-0.15, -0.1) is 0 Å². The van der Waals surface area contributed by atoms with Gasteiger partial charge in [0.05, 0.1) is 23.3 Å². The van der Waals surface area contributed by atoms with Gasteiger partial charge < -0.3 is 14.7 Å². The summed E-state index contributed by atoms with van der Waals surface area (Å²) in [5, 5.41) is 11.2. The Morgan fingerprint density at radius 3 is 2.32 bits per heavy atom. The molecule has 0 spiro atoms. The maximum absolute atomic E-state index is 13.0. The van der Waals surface area contributed by atoms with E-state index in [2.05, 4.69) is 10.2 Å². The molecule has 2 saturated heterocycles. The van der Waals surface area contributed by atoms with Crippen molar-refractivity contribution < 1.29 is 33.8 Å². The third-order valence-corrected chi connectivity index (χ3v) is 7.30. The van der Waals surface area contributed by atoms with Gasteiger partial charge in [0, 0.05) is 25.2 Å². The highest BCUT2D eigenvalue weighted by Gasteiger charge is 2.44. The van der Waals surface area contributed by atoms with E-state index < -0.39 is 35.6 Å². The van der Waals surface area contributed by atoms with Gasteiger partial charge in [-0.2, -0.15) is 0 Å². The molecule has 1 atom stereocenters. The Bertz CT molecular complexity index is 1270. The second kappa shape index (κ2) is 10.0. The van der Waals surface area contributed by atoms with E-state index in [1.54, 1.807) is 30.3 Å². The first kappa shape index (κ1) is 24.5. The van der Waals surface area contributed by atoms with Crippen LogP contribution in [-0.2, 0) is 9.59 Å². The molecule has 2 aromatic rings. The number of nitrogens with zero attached hydrogens (tertiary/aromatic N) is 2. The predicted molar refractivity (Wildman–Crippen MR) is 132 cm³/mol.